The lowest BCUT2D eigenvalue weighted by atomic mass is 10.2. The van der Waals surface area contributed by atoms with Crippen LogP contribution in [0.15, 0.2) is 34.2 Å². The Morgan fingerprint density at radius 3 is 2.59 bits per heavy atom. The van der Waals surface area contributed by atoms with Gasteiger partial charge in [-0.25, -0.2) is 9.89 Å². The molecule has 1 N–H and O–H groups in total. The van der Waals surface area contributed by atoms with E-state index in [1.54, 1.807) is 12.1 Å². The Balaban J connectivity index is 1.99. The van der Waals surface area contributed by atoms with E-state index in [9.17, 15) is 18.0 Å². The molecule has 5 nitrogen and oxygen atoms in total. The van der Waals surface area contributed by atoms with Crippen molar-refractivity contribution in [1.29, 1.82) is 0 Å². The second-order valence-corrected chi connectivity index (χ2v) is 5.39. The Bertz CT molecular complexity index is 664. The Morgan fingerprint density at radius 2 is 2.00 bits per heavy atom. The topological polar surface area (TPSA) is 59.9 Å². The first-order chi connectivity index (χ1) is 10.4. The summed E-state index contributed by atoms with van der Waals surface area (Å²) in [5, 5.41) is 6.87. The van der Waals surface area contributed by atoms with Gasteiger partial charge in [0.1, 0.15) is 5.75 Å². The zero-order valence-corrected chi connectivity index (χ0v) is 12.5. The van der Waals surface area contributed by atoms with Crippen molar-refractivity contribution in [1.82, 2.24) is 14.8 Å². The summed E-state index contributed by atoms with van der Waals surface area (Å²) in [7, 11) is 0. The van der Waals surface area contributed by atoms with Crippen LogP contribution in [0.4, 0.5) is 13.2 Å². The molecule has 0 aliphatic carbocycles. The number of hydrogen-bond donors (Lipinski definition) is 1. The summed E-state index contributed by atoms with van der Waals surface area (Å²) in [6, 6.07) is 5.60. The minimum absolute atomic E-state index is 0.260. The number of nitrogens with one attached hydrogen (secondary N) is 1. The fraction of sp³-hybridized carbons (Fsp3) is 0.385. The molecule has 120 valence electrons. The van der Waals surface area contributed by atoms with Gasteiger partial charge >= 0.3 is 12.1 Å². The molecular formula is C13H14F3N3O2S. The van der Waals surface area contributed by atoms with Crippen molar-refractivity contribution in [3.63, 3.8) is 0 Å². The fourth-order valence-electron chi connectivity index (χ4n) is 1.77. The zero-order chi connectivity index (χ0) is 16.2. The molecule has 1 aromatic carbocycles. The van der Waals surface area contributed by atoms with E-state index in [1.807, 2.05) is 6.92 Å². The third-order valence-corrected chi connectivity index (χ3v) is 3.74. The highest BCUT2D eigenvalue weighted by Gasteiger charge is 2.30. The highest BCUT2D eigenvalue weighted by atomic mass is 32.2. The summed E-state index contributed by atoms with van der Waals surface area (Å²) < 4.78 is 41.5. The number of H-pyrrole nitrogens is 1. The zero-order valence-electron chi connectivity index (χ0n) is 11.7. The van der Waals surface area contributed by atoms with E-state index in [4.69, 9.17) is 0 Å². The van der Waals surface area contributed by atoms with Crippen molar-refractivity contribution >= 4 is 11.8 Å². The number of aromatic amines is 1. The van der Waals surface area contributed by atoms with Gasteiger partial charge in [-0.3, -0.25) is 4.57 Å². The van der Waals surface area contributed by atoms with E-state index in [2.05, 4.69) is 14.9 Å². The number of benzene rings is 1. The van der Waals surface area contributed by atoms with Gasteiger partial charge < -0.3 is 4.74 Å². The van der Waals surface area contributed by atoms with Gasteiger partial charge in [-0.05, 0) is 24.1 Å². The normalized spacial score (nSPS) is 11.6. The molecule has 9 heteroatoms. The SMILES string of the molecule is CCCn1c(SCc2ccc(OC(F)(F)F)cc2)n[nH]c1=O. The van der Waals surface area contributed by atoms with Gasteiger partial charge in [0.05, 0.1) is 0 Å². The van der Waals surface area contributed by atoms with Crippen molar-refractivity contribution in [2.24, 2.45) is 0 Å². The number of rotatable bonds is 6. The molecule has 0 aliphatic rings. The lowest BCUT2D eigenvalue weighted by Gasteiger charge is -2.09. The van der Waals surface area contributed by atoms with E-state index in [0.29, 0.717) is 17.5 Å². The minimum atomic E-state index is -4.69. The van der Waals surface area contributed by atoms with E-state index >= 15 is 0 Å². The largest absolute Gasteiger partial charge is 0.573 e. The first-order valence-electron chi connectivity index (χ1n) is 6.51. The molecule has 2 aromatic rings. The molecule has 22 heavy (non-hydrogen) atoms. The predicted octanol–water partition coefficient (Wildman–Crippen LogP) is 3.17. The third kappa shape index (κ3) is 4.55. The van der Waals surface area contributed by atoms with Gasteiger partial charge in [0.2, 0.25) is 0 Å². The summed E-state index contributed by atoms with van der Waals surface area (Å²) in [5.74, 6) is 0.226. The van der Waals surface area contributed by atoms with E-state index < -0.39 is 6.36 Å². The van der Waals surface area contributed by atoms with Crippen molar-refractivity contribution in [2.75, 3.05) is 0 Å². The number of ether oxygens (including phenoxy) is 1. The molecule has 2 rings (SSSR count). The number of nitrogens with zero attached hydrogens (tertiary/aromatic N) is 2. The van der Waals surface area contributed by atoms with Gasteiger partial charge in [0.15, 0.2) is 5.16 Å². The van der Waals surface area contributed by atoms with Crippen molar-refractivity contribution in [3.8, 4) is 5.75 Å². The summed E-state index contributed by atoms with van der Waals surface area (Å²) in [4.78, 5) is 11.5. The molecule has 0 radical (unpaired) electrons. The molecule has 0 bridgehead atoms. The molecule has 0 saturated heterocycles. The second kappa shape index (κ2) is 6.91. The van der Waals surface area contributed by atoms with Crippen LogP contribution in [0.25, 0.3) is 0 Å². The van der Waals surface area contributed by atoms with Crippen LogP contribution in [-0.2, 0) is 12.3 Å². The van der Waals surface area contributed by atoms with E-state index in [0.717, 1.165) is 12.0 Å². The molecular weight excluding hydrogens is 319 g/mol. The number of aromatic nitrogens is 3. The smallest absolute Gasteiger partial charge is 0.406 e. The lowest BCUT2D eigenvalue weighted by Crippen LogP contribution is -2.17. The molecule has 0 amide bonds. The minimum Gasteiger partial charge on any atom is -0.406 e. The number of hydrogen-bond acceptors (Lipinski definition) is 4. The lowest BCUT2D eigenvalue weighted by molar-refractivity contribution is -0.274. The van der Waals surface area contributed by atoms with E-state index in [-0.39, 0.29) is 11.4 Å². The molecule has 0 atom stereocenters. The van der Waals surface area contributed by atoms with Crippen molar-refractivity contribution in [3.05, 3.63) is 40.3 Å². The summed E-state index contributed by atoms with van der Waals surface area (Å²) in [6.07, 6.45) is -3.89. The van der Waals surface area contributed by atoms with Gasteiger partial charge in [-0.2, -0.15) is 0 Å². The van der Waals surface area contributed by atoms with Crippen LogP contribution in [0.5, 0.6) is 5.75 Å². The predicted molar refractivity (Wildman–Crippen MR) is 75.8 cm³/mol. The Morgan fingerprint density at radius 1 is 1.32 bits per heavy atom. The maximum atomic E-state index is 12.1. The molecule has 0 saturated carbocycles. The number of alkyl halides is 3. The molecule has 1 aromatic heterocycles. The summed E-state index contributed by atoms with van der Waals surface area (Å²) >= 11 is 1.34. The summed E-state index contributed by atoms with van der Waals surface area (Å²) in [6.45, 7) is 2.52. The maximum Gasteiger partial charge on any atom is 0.573 e. The first kappa shape index (κ1) is 16.5. The average Bonchev–Trinajstić information content (AvgIpc) is 2.78. The van der Waals surface area contributed by atoms with Crippen LogP contribution in [-0.4, -0.2) is 21.1 Å². The van der Waals surface area contributed by atoms with Gasteiger partial charge in [-0.15, -0.1) is 18.3 Å². The summed E-state index contributed by atoms with van der Waals surface area (Å²) in [5.41, 5.74) is 0.538. The monoisotopic (exact) mass is 333 g/mol. The Kier molecular flexibility index (Phi) is 5.17. The maximum absolute atomic E-state index is 12.1. The number of thioether (sulfide) groups is 1. The highest BCUT2D eigenvalue weighted by Crippen LogP contribution is 2.25. The van der Waals surface area contributed by atoms with Crippen LogP contribution in [0.2, 0.25) is 0 Å². The van der Waals surface area contributed by atoms with Crippen LogP contribution in [0.1, 0.15) is 18.9 Å². The molecule has 1 heterocycles. The van der Waals surface area contributed by atoms with Crippen LogP contribution >= 0.6 is 11.8 Å². The molecule has 0 spiro atoms. The second-order valence-electron chi connectivity index (χ2n) is 4.44. The van der Waals surface area contributed by atoms with E-state index in [1.165, 1.54) is 28.5 Å². The van der Waals surface area contributed by atoms with Gasteiger partial charge in [0, 0.05) is 12.3 Å². The van der Waals surface area contributed by atoms with Crippen molar-refractivity contribution < 1.29 is 17.9 Å². The van der Waals surface area contributed by atoms with Gasteiger partial charge in [-0.1, -0.05) is 30.8 Å². The number of halogens is 3. The van der Waals surface area contributed by atoms with Crippen LogP contribution in [0.3, 0.4) is 0 Å². The van der Waals surface area contributed by atoms with Crippen LogP contribution in [0, 0.1) is 0 Å². The fourth-order valence-corrected chi connectivity index (χ4v) is 2.70. The Labute approximate surface area is 128 Å². The standard InChI is InChI=1S/C13H14F3N3O2S/c1-2-7-19-11(20)17-18-12(19)22-8-9-3-5-10(6-4-9)21-13(14,15)16/h3-6H,2,7-8H2,1H3,(H,17,20). The third-order valence-electron chi connectivity index (χ3n) is 2.70. The van der Waals surface area contributed by atoms with Gasteiger partial charge in [0.25, 0.3) is 0 Å². The quantitative estimate of drug-likeness (QED) is 0.825. The molecule has 0 aliphatic heterocycles. The van der Waals surface area contributed by atoms with Crippen molar-refractivity contribution in [2.45, 2.75) is 37.2 Å². The first-order valence-corrected chi connectivity index (χ1v) is 7.50. The molecule has 0 fully saturated rings. The highest BCUT2D eigenvalue weighted by molar-refractivity contribution is 7.98. The molecule has 0 unspecified atom stereocenters. The Hall–Kier alpha value is -1.90. The average molecular weight is 333 g/mol. The van der Waals surface area contributed by atoms with Crippen LogP contribution < -0.4 is 10.4 Å².